The van der Waals surface area contributed by atoms with Gasteiger partial charge in [0, 0.05) is 5.57 Å². The molecule has 2 bridgehead atoms. The Bertz CT molecular complexity index is 623. The van der Waals surface area contributed by atoms with Gasteiger partial charge in [0.1, 0.15) is 11.7 Å². The van der Waals surface area contributed by atoms with Crippen LogP contribution in [0.4, 0.5) is 0 Å². The maximum atomic E-state index is 12.5. The van der Waals surface area contributed by atoms with Crippen LogP contribution in [0.25, 0.3) is 0 Å². The molecule has 3 saturated heterocycles. The summed E-state index contributed by atoms with van der Waals surface area (Å²) in [5.74, 6) is 3.22. The van der Waals surface area contributed by atoms with Gasteiger partial charge in [-0.1, -0.05) is 6.58 Å². The maximum absolute atomic E-state index is 12.5. The molecule has 6 heteroatoms. The molecule has 20 heavy (non-hydrogen) atoms. The Morgan fingerprint density at radius 3 is 2.55 bits per heavy atom. The highest BCUT2D eigenvalue weighted by atomic mass is 32.2. The number of hydrogen-bond acceptors (Lipinski definition) is 5. The molecule has 0 aliphatic carbocycles. The van der Waals surface area contributed by atoms with Gasteiger partial charge in [0.05, 0.1) is 15.1 Å². The molecule has 3 rings (SSSR count). The summed E-state index contributed by atoms with van der Waals surface area (Å²) >= 11 is 0. The number of esters is 1. The molecular formula is C14H20O5S. The summed E-state index contributed by atoms with van der Waals surface area (Å²) in [5, 5.41) is -0.242. The van der Waals surface area contributed by atoms with Crippen LogP contribution in [0.2, 0.25) is 0 Å². The SMILES string of the molecule is C=C(C)C(=O)OC1(C)C2(C)CC3C(O2)C1(C)OS3(=C)=O. The Kier molecular flexibility index (Phi) is 2.46. The van der Waals surface area contributed by atoms with E-state index in [4.69, 9.17) is 13.7 Å². The smallest absolute Gasteiger partial charge is 0.333 e. The van der Waals surface area contributed by atoms with Crippen molar-refractivity contribution in [2.24, 2.45) is 0 Å². The van der Waals surface area contributed by atoms with Crippen molar-refractivity contribution in [2.45, 2.75) is 62.3 Å². The van der Waals surface area contributed by atoms with Gasteiger partial charge in [-0.2, -0.15) is 0 Å². The molecule has 3 heterocycles. The molecule has 0 amide bonds. The average Bonchev–Trinajstić information content (AvgIpc) is 2.78. The van der Waals surface area contributed by atoms with E-state index in [1.165, 1.54) is 0 Å². The Morgan fingerprint density at radius 2 is 2.00 bits per heavy atom. The van der Waals surface area contributed by atoms with Crippen molar-refractivity contribution in [3.05, 3.63) is 12.2 Å². The first-order valence-corrected chi connectivity index (χ1v) is 8.32. The molecule has 3 aliphatic rings. The second-order valence-corrected chi connectivity index (χ2v) is 8.67. The molecule has 0 aromatic heterocycles. The summed E-state index contributed by atoms with van der Waals surface area (Å²) in [6.07, 6.45) is 0.149. The van der Waals surface area contributed by atoms with E-state index < -0.39 is 32.6 Å². The number of ether oxygens (including phenoxy) is 2. The highest BCUT2D eigenvalue weighted by molar-refractivity contribution is 7.96. The largest absolute Gasteiger partial charge is 0.450 e. The Hall–Kier alpha value is -0.850. The van der Waals surface area contributed by atoms with Gasteiger partial charge >= 0.3 is 5.97 Å². The van der Waals surface area contributed by atoms with Crippen LogP contribution in [-0.4, -0.2) is 44.2 Å². The lowest BCUT2D eigenvalue weighted by Gasteiger charge is -2.45. The van der Waals surface area contributed by atoms with Crippen molar-refractivity contribution in [1.82, 2.24) is 0 Å². The van der Waals surface area contributed by atoms with Crippen LogP contribution in [0, 0.1) is 0 Å². The number of carbonyl (C=O) groups is 1. The molecule has 3 aliphatic heterocycles. The summed E-state index contributed by atoms with van der Waals surface area (Å²) in [7, 11) is -2.69. The molecule has 0 aromatic rings. The summed E-state index contributed by atoms with van der Waals surface area (Å²) in [5.41, 5.74) is -2.38. The number of carbonyl (C=O) groups excluding carboxylic acids is 1. The van der Waals surface area contributed by atoms with Crippen LogP contribution in [0.3, 0.4) is 0 Å². The molecule has 6 unspecified atom stereocenters. The van der Waals surface area contributed by atoms with Crippen molar-refractivity contribution in [3.63, 3.8) is 0 Å². The van der Waals surface area contributed by atoms with Crippen molar-refractivity contribution < 1.29 is 22.7 Å². The topological polar surface area (TPSA) is 61.8 Å². The summed E-state index contributed by atoms with van der Waals surface area (Å²) in [6.45, 7) is 10.6. The number of rotatable bonds is 2. The number of hydrogen-bond donors (Lipinski definition) is 0. The molecule has 3 fully saturated rings. The maximum Gasteiger partial charge on any atom is 0.333 e. The molecule has 0 radical (unpaired) electrons. The van der Waals surface area contributed by atoms with Gasteiger partial charge in [-0.3, -0.25) is 4.18 Å². The first-order valence-electron chi connectivity index (χ1n) is 6.60. The lowest BCUT2D eigenvalue weighted by Crippen LogP contribution is -2.64. The highest BCUT2D eigenvalue weighted by Gasteiger charge is 2.82. The second-order valence-electron chi connectivity index (χ2n) is 6.57. The van der Waals surface area contributed by atoms with Gasteiger partial charge in [0.15, 0.2) is 11.2 Å². The monoisotopic (exact) mass is 300 g/mol. The van der Waals surface area contributed by atoms with E-state index in [2.05, 4.69) is 12.4 Å². The van der Waals surface area contributed by atoms with Crippen LogP contribution in [0.15, 0.2) is 12.2 Å². The third-order valence-electron chi connectivity index (χ3n) is 5.24. The van der Waals surface area contributed by atoms with Gasteiger partial charge < -0.3 is 9.47 Å². The van der Waals surface area contributed by atoms with Crippen LogP contribution in [0.1, 0.15) is 34.1 Å². The quantitative estimate of drug-likeness (QED) is 0.436. The van der Waals surface area contributed by atoms with E-state index in [1.54, 1.807) is 20.8 Å². The minimum absolute atomic E-state index is 0.242. The van der Waals surface area contributed by atoms with E-state index in [1.807, 2.05) is 6.92 Å². The van der Waals surface area contributed by atoms with E-state index in [0.29, 0.717) is 12.0 Å². The fraction of sp³-hybridized carbons (Fsp3) is 0.714. The molecule has 0 spiro atoms. The first-order chi connectivity index (χ1) is 8.97. The van der Waals surface area contributed by atoms with Gasteiger partial charge in [0.25, 0.3) is 0 Å². The molecule has 0 saturated carbocycles. The standard InChI is InChI=1S/C14H20O5S/c1-8(2)11(15)18-14(5)12(3)7-9-10(17-12)13(14,4)19-20(9,6)16/h9-10H,1,6-7H2,2-5H3. The van der Waals surface area contributed by atoms with E-state index in [9.17, 15) is 9.00 Å². The summed E-state index contributed by atoms with van der Waals surface area (Å²) in [6, 6.07) is 0. The predicted octanol–water partition coefficient (Wildman–Crippen LogP) is 1.21. The zero-order chi connectivity index (χ0) is 15.1. The van der Waals surface area contributed by atoms with Gasteiger partial charge in [-0.05, 0) is 40.0 Å². The Morgan fingerprint density at radius 1 is 1.40 bits per heavy atom. The lowest BCUT2D eigenvalue weighted by molar-refractivity contribution is -0.189. The zero-order valence-corrected chi connectivity index (χ0v) is 13.0. The minimum atomic E-state index is -2.69. The van der Waals surface area contributed by atoms with Gasteiger partial charge in [0.2, 0.25) is 0 Å². The van der Waals surface area contributed by atoms with Crippen molar-refractivity contribution >= 4 is 21.6 Å². The van der Waals surface area contributed by atoms with Crippen LogP contribution >= 0.6 is 0 Å². The minimum Gasteiger partial charge on any atom is -0.450 e. The van der Waals surface area contributed by atoms with Crippen molar-refractivity contribution in [1.29, 1.82) is 0 Å². The highest BCUT2D eigenvalue weighted by Crippen LogP contribution is 2.64. The third kappa shape index (κ3) is 1.32. The summed E-state index contributed by atoms with van der Waals surface area (Å²) in [4.78, 5) is 12.0. The third-order valence-corrected chi connectivity index (χ3v) is 7.20. The Balaban J connectivity index is 2.09. The van der Waals surface area contributed by atoms with Crippen LogP contribution in [0.5, 0.6) is 0 Å². The predicted molar refractivity (Wildman–Crippen MR) is 75.7 cm³/mol. The van der Waals surface area contributed by atoms with Crippen LogP contribution in [-0.2, 0) is 28.3 Å². The molecule has 0 aromatic carbocycles. The average molecular weight is 300 g/mol. The van der Waals surface area contributed by atoms with E-state index in [0.717, 1.165) is 0 Å². The molecule has 5 nitrogen and oxygen atoms in total. The lowest BCUT2D eigenvalue weighted by atomic mass is 9.67. The normalized spacial score (nSPS) is 56.0. The fourth-order valence-electron chi connectivity index (χ4n) is 3.74. The second kappa shape index (κ2) is 3.48. The van der Waals surface area contributed by atoms with E-state index >= 15 is 0 Å². The molecule has 6 atom stereocenters. The zero-order valence-electron chi connectivity index (χ0n) is 12.2. The van der Waals surface area contributed by atoms with E-state index in [-0.39, 0.29) is 11.4 Å². The van der Waals surface area contributed by atoms with Gasteiger partial charge in [-0.25, -0.2) is 9.00 Å². The summed E-state index contributed by atoms with van der Waals surface area (Å²) < 4.78 is 30.0. The molecular weight excluding hydrogens is 280 g/mol. The Labute approximate surface area is 119 Å². The molecule has 112 valence electrons. The number of fused-ring (bicyclic) bond motifs is 1. The first kappa shape index (κ1) is 14.1. The van der Waals surface area contributed by atoms with Crippen molar-refractivity contribution in [3.8, 4) is 0 Å². The fourth-order valence-corrected chi connectivity index (χ4v) is 5.97. The van der Waals surface area contributed by atoms with Crippen molar-refractivity contribution in [2.75, 3.05) is 0 Å². The van der Waals surface area contributed by atoms with Crippen LogP contribution < -0.4 is 0 Å². The molecule has 0 N–H and O–H groups in total. The van der Waals surface area contributed by atoms with Gasteiger partial charge in [-0.15, -0.1) is 0 Å².